The van der Waals surface area contributed by atoms with Crippen LogP contribution in [0.15, 0.2) is 22.7 Å². The van der Waals surface area contributed by atoms with E-state index in [0.29, 0.717) is 10.0 Å². The first-order chi connectivity index (χ1) is 8.71. The third kappa shape index (κ3) is 5.16. The minimum atomic E-state index is -2.89. The maximum absolute atomic E-state index is 12.3. The Morgan fingerprint density at radius 2 is 2.05 bits per heavy atom. The molecule has 0 aliphatic carbocycles. The van der Waals surface area contributed by atoms with Crippen LogP contribution in [0.4, 0.5) is 8.78 Å². The van der Waals surface area contributed by atoms with Gasteiger partial charge in [0, 0.05) is 16.6 Å². The van der Waals surface area contributed by atoms with Gasteiger partial charge in [0.1, 0.15) is 5.75 Å². The minimum Gasteiger partial charge on any atom is -0.434 e. The van der Waals surface area contributed by atoms with Crippen LogP contribution in [0.25, 0.3) is 0 Å². The van der Waals surface area contributed by atoms with Crippen LogP contribution in [0.3, 0.4) is 0 Å². The molecular formula is C12H16BrF2NO2S. The van der Waals surface area contributed by atoms with Gasteiger partial charge in [0.25, 0.3) is 0 Å². The Morgan fingerprint density at radius 1 is 1.42 bits per heavy atom. The van der Waals surface area contributed by atoms with Crippen LogP contribution in [0.1, 0.15) is 26.3 Å². The van der Waals surface area contributed by atoms with Crippen LogP contribution < -0.4 is 9.46 Å². The van der Waals surface area contributed by atoms with Gasteiger partial charge < -0.3 is 4.74 Å². The fourth-order valence-corrected chi connectivity index (χ4v) is 2.47. The van der Waals surface area contributed by atoms with E-state index in [2.05, 4.69) is 25.4 Å². The molecule has 0 aromatic heterocycles. The van der Waals surface area contributed by atoms with E-state index in [4.69, 9.17) is 0 Å². The smallest absolute Gasteiger partial charge is 0.387 e. The van der Waals surface area contributed by atoms with Gasteiger partial charge in [0.2, 0.25) is 0 Å². The number of benzene rings is 1. The highest BCUT2D eigenvalue weighted by Gasteiger charge is 2.20. The number of ether oxygens (including phenoxy) is 1. The minimum absolute atomic E-state index is 0.0720. The van der Waals surface area contributed by atoms with Crippen molar-refractivity contribution in [2.75, 3.05) is 0 Å². The normalized spacial score (nSPS) is 13.6. The Morgan fingerprint density at radius 3 is 2.58 bits per heavy atom. The van der Waals surface area contributed by atoms with Crippen molar-refractivity contribution in [3.63, 3.8) is 0 Å². The van der Waals surface area contributed by atoms with Crippen LogP contribution in [-0.4, -0.2) is 15.6 Å². The molecule has 1 aromatic carbocycles. The second-order valence-electron chi connectivity index (χ2n) is 4.80. The lowest BCUT2D eigenvalue weighted by atomic mass is 10.2. The molecule has 0 radical (unpaired) electrons. The summed E-state index contributed by atoms with van der Waals surface area (Å²) in [6.45, 7) is 2.76. The van der Waals surface area contributed by atoms with Crippen molar-refractivity contribution < 1.29 is 17.7 Å². The molecule has 1 unspecified atom stereocenters. The quantitative estimate of drug-likeness (QED) is 0.876. The van der Waals surface area contributed by atoms with Gasteiger partial charge >= 0.3 is 6.61 Å². The Hall–Kier alpha value is -0.530. The Kier molecular flexibility index (Phi) is 5.88. The van der Waals surface area contributed by atoms with Crippen molar-refractivity contribution in [1.82, 2.24) is 4.72 Å². The average Bonchev–Trinajstić information content (AvgIpc) is 2.25. The second kappa shape index (κ2) is 6.76. The average molecular weight is 356 g/mol. The van der Waals surface area contributed by atoms with Gasteiger partial charge in [-0.1, -0.05) is 22.0 Å². The summed E-state index contributed by atoms with van der Waals surface area (Å²) in [5, 5.41) is 0. The van der Waals surface area contributed by atoms with Gasteiger partial charge in [-0.25, -0.2) is 8.93 Å². The van der Waals surface area contributed by atoms with Crippen molar-refractivity contribution in [3.8, 4) is 5.75 Å². The SMILES string of the molecule is CC(C)(C)S(=O)NCc1c(Br)cccc1OC(F)F. The molecule has 0 saturated carbocycles. The molecule has 0 spiro atoms. The first-order valence-electron chi connectivity index (χ1n) is 5.59. The number of hydrogen-bond acceptors (Lipinski definition) is 2. The fourth-order valence-electron chi connectivity index (χ4n) is 1.27. The van der Waals surface area contributed by atoms with Gasteiger partial charge in [0.05, 0.1) is 15.7 Å². The Labute approximate surface area is 122 Å². The molecule has 0 heterocycles. The molecule has 1 aromatic rings. The highest BCUT2D eigenvalue weighted by molar-refractivity contribution is 9.10. The predicted molar refractivity (Wildman–Crippen MR) is 75.5 cm³/mol. The van der Waals surface area contributed by atoms with Crippen molar-refractivity contribution >= 4 is 26.9 Å². The van der Waals surface area contributed by atoms with Crippen molar-refractivity contribution in [1.29, 1.82) is 0 Å². The van der Waals surface area contributed by atoms with Gasteiger partial charge in [-0.15, -0.1) is 0 Å². The maximum Gasteiger partial charge on any atom is 0.387 e. The van der Waals surface area contributed by atoms with E-state index < -0.39 is 22.3 Å². The van der Waals surface area contributed by atoms with Crippen LogP contribution in [-0.2, 0) is 17.5 Å². The predicted octanol–water partition coefficient (Wildman–Crippen LogP) is 3.60. The standard InChI is InChI=1S/C12H16BrF2NO2S/c1-12(2,3)19(17)16-7-8-9(13)5-4-6-10(8)18-11(14)15/h4-6,11,16H,7H2,1-3H3. The van der Waals surface area contributed by atoms with Crippen LogP contribution in [0, 0.1) is 0 Å². The molecule has 0 aliphatic heterocycles. The molecule has 108 valence electrons. The van der Waals surface area contributed by atoms with E-state index >= 15 is 0 Å². The summed E-state index contributed by atoms with van der Waals surface area (Å²) in [5.74, 6) is 0.0720. The van der Waals surface area contributed by atoms with Crippen molar-refractivity contribution in [3.05, 3.63) is 28.2 Å². The van der Waals surface area contributed by atoms with E-state index in [1.165, 1.54) is 6.07 Å². The zero-order chi connectivity index (χ0) is 14.6. The molecule has 0 fully saturated rings. The monoisotopic (exact) mass is 355 g/mol. The molecule has 0 amide bonds. The summed E-state index contributed by atoms with van der Waals surface area (Å²) in [7, 11) is -1.28. The summed E-state index contributed by atoms with van der Waals surface area (Å²) >= 11 is 3.27. The number of nitrogens with one attached hydrogen (secondary N) is 1. The topological polar surface area (TPSA) is 38.3 Å². The number of alkyl halides is 2. The lowest BCUT2D eigenvalue weighted by Gasteiger charge is -2.19. The van der Waals surface area contributed by atoms with Crippen LogP contribution in [0.2, 0.25) is 0 Å². The fraction of sp³-hybridized carbons (Fsp3) is 0.500. The molecule has 7 heteroatoms. The number of halogens is 3. The zero-order valence-corrected chi connectivity index (χ0v) is 13.3. The molecular weight excluding hydrogens is 340 g/mol. The molecule has 1 N–H and O–H groups in total. The first-order valence-corrected chi connectivity index (χ1v) is 7.53. The van der Waals surface area contributed by atoms with Gasteiger partial charge in [-0.2, -0.15) is 8.78 Å². The summed E-state index contributed by atoms with van der Waals surface area (Å²) in [5.41, 5.74) is 0.514. The Bertz CT molecular complexity index is 464. The van der Waals surface area contributed by atoms with Gasteiger partial charge in [0.15, 0.2) is 0 Å². The van der Waals surface area contributed by atoms with Gasteiger partial charge in [-0.3, -0.25) is 0 Å². The lowest BCUT2D eigenvalue weighted by Crippen LogP contribution is -2.33. The molecule has 3 nitrogen and oxygen atoms in total. The van der Waals surface area contributed by atoms with E-state index in [1.54, 1.807) is 12.1 Å². The Balaban J connectivity index is 2.85. The van der Waals surface area contributed by atoms with Crippen molar-refractivity contribution in [2.45, 2.75) is 38.7 Å². The molecule has 19 heavy (non-hydrogen) atoms. The molecule has 0 bridgehead atoms. The van der Waals surface area contributed by atoms with E-state index in [1.807, 2.05) is 20.8 Å². The van der Waals surface area contributed by atoms with Crippen LogP contribution in [0.5, 0.6) is 5.75 Å². The maximum atomic E-state index is 12.3. The summed E-state index contributed by atoms with van der Waals surface area (Å²) in [6.07, 6.45) is 0. The van der Waals surface area contributed by atoms with Gasteiger partial charge in [-0.05, 0) is 32.9 Å². The number of hydrogen-bond donors (Lipinski definition) is 1. The lowest BCUT2D eigenvalue weighted by molar-refractivity contribution is -0.0505. The third-order valence-electron chi connectivity index (χ3n) is 2.23. The molecule has 1 atom stereocenters. The molecule has 0 aliphatic rings. The second-order valence-corrected chi connectivity index (χ2v) is 7.70. The molecule has 1 rings (SSSR count). The highest BCUT2D eigenvalue weighted by atomic mass is 79.9. The summed E-state index contributed by atoms with van der Waals surface area (Å²) in [6, 6.07) is 4.77. The van der Waals surface area contributed by atoms with Crippen LogP contribution >= 0.6 is 15.9 Å². The van der Waals surface area contributed by atoms with E-state index in [-0.39, 0.29) is 12.3 Å². The van der Waals surface area contributed by atoms with E-state index in [9.17, 15) is 13.0 Å². The zero-order valence-electron chi connectivity index (χ0n) is 10.9. The van der Waals surface area contributed by atoms with E-state index in [0.717, 1.165) is 0 Å². The third-order valence-corrected chi connectivity index (χ3v) is 4.49. The largest absolute Gasteiger partial charge is 0.434 e. The first kappa shape index (κ1) is 16.5. The molecule has 0 saturated heterocycles. The number of rotatable bonds is 5. The highest BCUT2D eigenvalue weighted by Crippen LogP contribution is 2.28. The van der Waals surface area contributed by atoms with Crippen molar-refractivity contribution in [2.24, 2.45) is 0 Å². The summed E-state index contributed by atoms with van der Waals surface area (Å²) < 4.78 is 43.9. The summed E-state index contributed by atoms with van der Waals surface area (Å²) in [4.78, 5) is 0.